The molecule has 0 atom stereocenters. The van der Waals surface area contributed by atoms with E-state index in [-0.39, 0.29) is 24.4 Å². The number of nitrogens with one attached hydrogen (secondary N) is 1. The lowest BCUT2D eigenvalue weighted by molar-refractivity contribution is -0.118. The van der Waals surface area contributed by atoms with E-state index in [4.69, 9.17) is 0 Å². The Morgan fingerprint density at radius 3 is 2.24 bits per heavy atom. The number of rotatable bonds is 9. The summed E-state index contributed by atoms with van der Waals surface area (Å²) in [7, 11) is -4.67. The second kappa shape index (κ2) is 11.5. The van der Waals surface area contributed by atoms with E-state index in [0.717, 1.165) is 37.9 Å². The summed E-state index contributed by atoms with van der Waals surface area (Å²) in [4.78, 5) is 28.7. The fourth-order valence-corrected chi connectivity index (χ4v) is 4.81. The average Bonchev–Trinajstić information content (AvgIpc) is 2.84. The van der Waals surface area contributed by atoms with Crippen molar-refractivity contribution in [2.45, 2.75) is 42.9 Å². The molecule has 1 heterocycles. The molecule has 0 saturated carbocycles. The first kappa shape index (κ1) is 25.8. The van der Waals surface area contributed by atoms with E-state index in [2.05, 4.69) is 10.2 Å². The first-order valence-corrected chi connectivity index (χ1v) is 12.8. The summed E-state index contributed by atoms with van der Waals surface area (Å²) >= 11 is 0. The number of carbonyl (C=O) groups is 2. The van der Waals surface area contributed by atoms with Crippen molar-refractivity contribution >= 4 is 27.3 Å². The predicted molar refractivity (Wildman–Crippen MR) is 125 cm³/mol. The lowest BCUT2D eigenvalue weighted by Gasteiger charge is -2.38. The highest BCUT2D eigenvalue weighted by molar-refractivity contribution is 7.91. The van der Waals surface area contributed by atoms with Crippen LogP contribution in [0.3, 0.4) is 0 Å². The third kappa shape index (κ3) is 6.38. The number of likely N-dealkylation sites (tertiary alicyclic amines) is 1. The number of benzene rings is 2. The van der Waals surface area contributed by atoms with Crippen LogP contribution >= 0.6 is 0 Å². The summed E-state index contributed by atoms with van der Waals surface area (Å²) in [5.74, 6) is -3.76. The molecule has 0 aliphatic carbocycles. The Morgan fingerprint density at radius 2 is 1.68 bits per heavy atom. The van der Waals surface area contributed by atoms with Crippen LogP contribution in [0.5, 0.6) is 0 Å². The van der Waals surface area contributed by atoms with Crippen molar-refractivity contribution in [3.05, 3.63) is 60.2 Å². The molecule has 10 heteroatoms. The third-order valence-corrected chi connectivity index (χ3v) is 7.25. The van der Waals surface area contributed by atoms with Gasteiger partial charge >= 0.3 is 5.76 Å². The molecular weight excluding hydrogens is 464 g/mol. The number of hydrogen-bond acceptors (Lipinski definition) is 5. The van der Waals surface area contributed by atoms with Crippen LogP contribution in [0, 0.1) is 0 Å². The molecule has 0 bridgehead atoms. The summed E-state index contributed by atoms with van der Waals surface area (Å²) < 4.78 is 48.4. The first-order chi connectivity index (χ1) is 16.2. The van der Waals surface area contributed by atoms with Crippen molar-refractivity contribution in [2.75, 3.05) is 31.5 Å². The largest absolute Gasteiger partial charge is 0.341 e. The van der Waals surface area contributed by atoms with E-state index in [9.17, 15) is 26.8 Å². The van der Waals surface area contributed by atoms with Crippen molar-refractivity contribution < 1.29 is 26.8 Å². The number of nitrogens with zero attached hydrogens (tertiary/aromatic N) is 2. The van der Waals surface area contributed by atoms with Crippen molar-refractivity contribution in [1.29, 1.82) is 0 Å². The van der Waals surface area contributed by atoms with Gasteiger partial charge in [-0.3, -0.25) is 14.5 Å². The topological polar surface area (TPSA) is 86.8 Å². The number of piperidine rings is 1. The van der Waals surface area contributed by atoms with Gasteiger partial charge in [-0.25, -0.2) is 8.42 Å². The fraction of sp³-hybridized carbons (Fsp3) is 0.417. The van der Waals surface area contributed by atoms with Gasteiger partial charge in [0, 0.05) is 30.4 Å². The molecule has 3 rings (SSSR count). The lowest BCUT2D eigenvalue weighted by atomic mass is 10.0. The zero-order chi connectivity index (χ0) is 24.7. The van der Waals surface area contributed by atoms with Crippen LogP contribution in [0.2, 0.25) is 0 Å². The number of alkyl halides is 2. The van der Waals surface area contributed by atoms with Crippen molar-refractivity contribution in [1.82, 2.24) is 9.80 Å². The van der Waals surface area contributed by atoms with Crippen LogP contribution in [-0.4, -0.2) is 68.0 Å². The minimum absolute atomic E-state index is 0.0103. The normalized spacial score (nSPS) is 15.0. The van der Waals surface area contributed by atoms with Gasteiger partial charge in [0.15, 0.2) is 0 Å². The van der Waals surface area contributed by atoms with Gasteiger partial charge in [-0.05, 0) is 62.2 Å². The number of sulfone groups is 1. The van der Waals surface area contributed by atoms with Gasteiger partial charge in [-0.1, -0.05) is 25.1 Å². The van der Waals surface area contributed by atoms with Crippen LogP contribution < -0.4 is 5.32 Å². The van der Waals surface area contributed by atoms with Crippen LogP contribution in [-0.2, 0) is 14.6 Å². The Bertz CT molecular complexity index is 1070. The third-order valence-electron chi connectivity index (χ3n) is 5.85. The van der Waals surface area contributed by atoms with E-state index < -0.39 is 20.5 Å². The van der Waals surface area contributed by atoms with Crippen molar-refractivity contribution in [3.63, 3.8) is 0 Å². The molecule has 1 N–H and O–H groups in total. The Hall–Kier alpha value is -2.85. The van der Waals surface area contributed by atoms with Crippen LogP contribution in [0.15, 0.2) is 59.5 Å². The maximum atomic E-state index is 12.7. The smallest absolute Gasteiger partial charge is 0.339 e. The zero-order valence-electron chi connectivity index (χ0n) is 19.0. The number of hydrogen-bond donors (Lipinski definition) is 1. The van der Waals surface area contributed by atoms with Gasteiger partial charge in [0.2, 0.25) is 15.7 Å². The van der Waals surface area contributed by atoms with Gasteiger partial charge in [0.1, 0.15) is 0 Å². The molecule has 34 heavy (non-hydrogen) atoms. The van der Waals surface area contributed by atoms with Gasteiger partial charge in [0.05, 0.1) is 11.4 Å². The Labute approximate surface area is 198 Å². The van der Waals surface area contributed by atoms with E-state index in [1.165, 1.54) is 12.1 Å². The quantitative estimate of drug-likeness (QED) is 0.577. The molecule has 1 aliphatic heterocycles. The molecule has 0 radical (unpaired) electrons. The summed E-state index contributed by atoms with van der Waals surface area (Å²) in [5, 5.41) is 2.70. The van der Waals surface area contributed by atoms with Gasteiger partial charge in [-0.15, -0.1) is 0 Å². The SMILES string of the molecule is CCCN(CC(=O)Nc1ccc(S(=O)(=O)C(F)F)cc1)C1CCN(C(=O)c2ccccc2)CC1. The van der Waals surface area contributed by atoms with Crippen molar-refractivity contribution in [3.8, 4) is 0 Å². The summed E-state index contributed by atoms with van der Waals surface area (Å²) in [6.45, 7) is 4.11. The van der Waals surface area contributed by atoms with E-state index >= 15 is 0 Å². The predicted octanol–water partition coefficient (Wildman–Crippen LogP) is 3.64. The zero-order valence-corrected chi connectivity index (χ0v) is 19.8. The second-order valence-corrected chi connectivity index (χ2v) is 10.2. The van der Waals surface area contributed by atoms with Crippen molar-refractivity contribution in [2.24, 2.45) is 0 Å². The molecule has 0 spiro atoms. The minimum atomic E-state index is -4.67. The van der Waals surface area contributed by atoms with E-state index in [1.54, 1.807) is 12.1 Å². The number of anilines is 1. The highest BCUT2D eigenvalue weighted by atomic mass is 32.2. The molecule has 2 amide bonds. The summed E-state index contributed by atoms with van der Waals surface area (Å²) in [5.41, 5.74) is 0.996. The number of carbonyl (C=O) groups excluding carboxylic acids is 2. The number of halogens is 2. The van der Waals surface area contributed by atoms with Gasteiger partial charge in [-0.2, -0.15) is 8.78 Å². The molecule has 184 valence electrons. The van der Waals surface area contributed by atoms with Crippen LogP contribution in [0.1, 0.15) is 36.5 Å². The lowest BCUT2D eigenvalue weighted by Crippen LogP contribution is -2.49. The van der Waals surface area contributed by atoms with Crippen LogP contribution in [0.4, 0.5) is 14.5 Å². The van der Waals surface area contributed by atoms with Gasteiger partial charge in [0.25, 0.3) is 5.91 Å². The standard InChI is InChI=1S/C24H29F2N3O4S/c1-2-14-29(20-12-15-28(16-13-20)23(31)18-6-4-3-5-7-18)17-22(30)27-19-8-10-21(11-9-19)34(32,33)24(25)26/h3-11,20,24H,2,12-17H2,1H3,(H,27,30). The molecule has 1 fully saturated rings. The molecule has 2 aromatic carbocycles. The monoisotopic (exact) mass is 493 g/mol. The maximum absolute atomic E-state index is 12.7. The molecule has 0 unspecified atom stereocenters. The highest BCUT2D eigenvalue weighted by Gasteiger charge is 2.29. The molecule has 7 nitrogen and oxygen atoms in total. The average molecular weight is 494 g/mol. The molecule has 1 aliphatic rings. The minimum Gasteiger partial charge on any atom is -0.339 e. The summed E-state index contributed by atoms with van der Waals surface area (Å²) in [6.07, 6.45) is 2.37. The van der Waals surface area contributed by atoms with E-state index in [1.807, 2.05) is 30.0 Å². The Balaban J connectivity index is 1.56. The number of amides is 2. The molecule has 0 aromatic heterocycles. The fourth-order valence-electron chi connectivity index (χ4n) is 4.09. The maximum Gasteiger partial charge on any atom is 0.341 e. The molecular formula is C24H29F2N3O4S. The summed E-state index contributed by atoms with van der Waals surface area (Å²) in [6, 6.07) is 14.0. The molecule has 1 saturated heterocycles. The Kier molecular flexibility index (Phi) is 8.73. The van der Waals surface area contributed by atoms with E-state index in [0.29, 0.717) is 24.3 Å². The van der Waals surface area contributed by atoms with Crippen LogP contribution in [0.25, 0.3) is 0 Å². The molecule has 2 aromatic rings. The second-order valence-electron chi connectivity index (χ2n) is 8.24. The highest BCUT2D eigenvalue weighted by Crippen LogP contribution is 2.21. The Morgan fingerprint density at radius 1 is 1.06 bits per heavy atom. The first-order valence-electron chi connectivity index (χ1n) is 11.2. The van der Waals surface area contributed by atoms with Gasteiger partial charge < -0.3 is 10.2 Å².